The fourth-order valence-corrected chi connectivity index (χ4v) is 2.47. The van der Waals surface area contributed by atoms with Gasteiger partial charge in [0.05, 0.1) is 5.41 Å². The first-order valence-corrected chi connectivity index (χ1v) is 7.00. The van der Waals surface area contributed by atoms with Gasteiger partial charge in [-0.1, -0.05) is 19.3 Å². The van der Waals surface area contributed by atoms with Gasteiger partial charge >= 0.3 is 12.0 Å². The van der Waals surface area contributed by atoms with E-state index in [2.05, 4.69) is 16.0 Å². The summed E-state index contributed by atoms with van der Waals surface area (Å²) in [4.78, 5) is 23.0. The molecule has 0 aliphatic heterocycles. The van der Waals surface area contributed by atoms with Crippen LogP contribution < -0.4 is 16.0 Å². The normalized spacial score (nSPS) is 17.7. The van der Waals surface area contributed by atoms with Gasteiger partial charge in [0.15, 0.2) is 0 Å². The first-order chi connectivity index (χ1) is 9.10. The highest BCUT2D eigenvalue weighted by molar-refractivity contribution is 5.78. The summed E-state index contributed by atoms with van der Waals surface area (Å²) in [5.74, 6) is -0.789. The Morgan fingerprint density at radius 2 is 1.79 bits per heavy atom. The summed E-state index contributed by atoms with van der Waals surface area (Å²) in [6.45, 7) is 1.66. The first kappa shape index (κ1) is 15.8. The maximum Gasteiger partial charge on any atom is 0.314 e. The summed E-state index contributed by atoms with van der Waals surface area (Å²) in [5, 5.41) is 17.8. The number of rotatable bonds is 7. The summed E-state index contributed by atoms with van der Waals surface area (Å²) in [6.07, 6.45) is 5.11. The Kier molecular flexibility index (Phi) is 6.62. The third-order valence-electron chi connectivity index (χ3n) is 3.74. The van der Waals surface area contributed by atoms with E-state index in [1.165, 1.54) is 0 Å². The molecule has 6 nitrogen and oxygen atoms in total. The number of hydrogen-bond donors (Lipinski definition) is 4. The molecule has 1 saturated carbocycles. The molecular formula is C13H25N3O3. The zero-order valence-electron chi connectivity index (χ0n) is 11.6. The van der Waals surface area contributed by atoms with Gasteiger partial charge in [0.1, 0.15) is 0 Å². The van der Waals surface area contributed by atoms with E-state index in [4.69, 9.17) is 0 Å². The van der Waals surface area contributed by atoms with Crippen molar-refractivity contribution in [2.45, 2.75) is 38.5 Å². The standard InChI is InChI=1S/C13H25N3O3/c1-14-8-5-9-15-12(19)16-10-13(11(17)18)6-3-2-4-7-13/h14H,2-10H2,1H3,(H,17,18)(H2,15,16,19). The van der Waals surface area contributed by atoms with Gasteiger partial charge in [-0.05, 0) is 32.9 Å². The molecule has 6 heteroatoms. The first-order valence-electron chi connectivity index (χ1n) is 7.00. The molecule has 4 N–H and O–H groups in total. The molecule has 0 spiro atoms. The van der Waals surface area contributed by atoms with E-state index in [1.807, 2.05) is 7.05 Å². The lowest BCUT2D eigenvalue weighted by atomic mass is 9.74. The Balaban J connectivity index is 2.31. The highest BCUT2D eigenvalue weighted by atomic mass is 16.4. The molecule has 2 amide bonds. The number of amides is 2. The van der Waals surface area contributed by atoms with Gasteiger partial charge in [-0.25, -0.2) is 4.79 Å². The van der Waals surface area contributed by atoms with Crippen LogP contribution in [0, 0.1) is 5.41 Å². The zero-order chi connectivity index (χ0) is 14.1. The molecule has 0 bridgehead atoms. The minimum atomic E-state index is -0.789. The number of carbonyl (C=O) groups excluding carboxylic acids is 1. The van der Waals surface area contributed by atoms with Crippen LogP contribution >= 0.6 is 0 Å². The van der Waals surface area contributed by atoms with Crippen molar-refractivity contribution in [3.63, 3.8) is 0 Å². The molecule has 0 saturated heterocycles. The average Bonchev–Trinajstić information content (AvgIpc) is 2.42. The second-order valence-corrected chi connectivity index (χ2v) is 5.21. The molecule has 0 aromatic heterocycles. The Morgan fingerprint density at radius 1 is 1.11 bits per heavy atom. The predicted molar refractivity (Wildman–Crippen MR) is 73.1 cm³/mol. The fourth-order valence-electron chi connectivity index (χ4n) is 2.47. The summed E-state index contributed by atoms with van der Waals surface area (Å²) in [5.41, 5.74) is -0.763. The largest absolute Gasteiger partial charge is 0.481 e. The topological polar surface area (TPSA) is 90.5 Å². The third-order valence-corrected chi connectivity index (χ3v) is 3.74. The van der Waals surface area contributed by atoms with Gasteiger partial charge in [-0.15, -0.1) is 0 Å². The second-order valence-electron chi connectivity index (χ2n) is 5.21. The van der Waals surface area contributed by atoms with Crippen LogP contribution in [0.4, 0.5) is 4.79 Å². The molecule has 19 heavy (non-hydrogen) atoms. The zero-order valence-corrected chi connectivity index (χ0v) is 11.6. The van der Waals surface area contributed by atoms with E-state index in [-0.39, 0.29) is 12.6 Å². The average molecular weight is 271 g/mol. The fraction of sp³-hybridized carbons (Fsp3) is 0.846. The van der Waals surface area contributed by atoms with Crippen molar-refractivity contribution in [2.24, 2.45) is 5.41 Å². The van der Waals surface area contributed by atoms with Crippen molar-refractivity contribution in [1.82, 2.24) is 16.0 Å². The highest BCUT2D eigenvalue weighted by Gasteiger charge is 2.39. The van der Waals surface area contributed by atoms with Crippen LogP contribution in [0.5, 0.6) is 0 Å². The van der Waals surface area contributed by atoms with Crippen molar-refractivity contribution >= 4 is 12.0 Å². The SMILES string of the molecule is CNCCCNC(=O)NCC1(C(=O)O)CCCCC1. The van der Waals surface area contributed by atoms with E-state index >= 15 is 0 Å². The van der Waals surface area contributed by atoms with Crippen molar-refractivity contribution in [1.29, 1.82) is 0 Å². The number of carbonyl (C=O) groups is 2. The van der Waals surface area contributed by atoms with Gasteiger partial charge in [-0.2, -0.15) is 0 Å². The van der Waals surface area contributed by atoms with Crippen molar-refractivity contribution in [2.75, 3.05) is 26.7 Å². The minimum Gasteiger partial charge on any atom is -0.481 e. The lowest BCUT2D eigenvalue weighted by Crippen LogP contribution is -2.47. The van der Waals surface area contributed by atoms with E-state index < -0.39 is 11.4 Å². The molecule has 0 atom stereocenters. The summed E-state index contributed by atoms with van der Waals surface area (Å²) < 4.78 is 0. The van der Waals surface area contributed by atoms with E-state index in [1.54, 1.807) is 0 Å². The number of urea groups is 1. The van der Waals surface area contributed by atoms with Crippen LogP contribution in [0.1, 0.15) is 38.5 Å². The van der Waals surface area contributed by atoms with Crippen LogP contribution in [0.2, 0.25) is 0 Å². The van der Waals surface area contributed by atoms with Gasteiger partial charge < -0.3 is 21.1 Å². The van der Waals surface area contributed by atoms with Crippen LogP contribution in [0.3, 0.4) is 0 Å². The van der Waals surface area contributed by atoms with E-state index in [9.17, 15) is 14.7 Å². The molecule has 1 rings (SSSR count). The number of carboxylic acids is 1. The summed E-state index contributed by atoms with van der Waals surface area (Å²) in [6, 6.07) is -0.276. The Labute approximate surface area is 114 Å². The lowest BCUT2D eigenvalue weighted by Gasteiger charge is -2.33. The number of nitrogens with one attached hydrogen (secondary N) is 3. The van der Waals surface area contributed by atoms with Crippen molar-refractivity contribution in [3.05, 3.63) is 0 Å². The Hall–Kier alpha value is -1.30. The third kappa shape index (κ3) is 5.06. The molecule has 0 heterocycles. The second kappa shape index (κ2) is 7.99. The summed E-state index contributed by atoms with van der Waals surface area (Å²) in [7, 11) is 1.86. The maximum atomic E-state index is 11.6. The molecule has 0 aromatic carbocycles. The van der Waals surface area contributed by atoms with Gasteiger partial charge in [0, 0.05) is 13.1 Å². The van der Waals surface area contributed by atoms with Gasteiger partial charge in [0.25, 0.3) is 0 Å². The molecular weight excluding hydrogens is 246 g/mol. The molecule has 110 valence electrons. The molecule has 1 aliphatic rings. The maximum absolute atomic E-state index is 11.6. The van der Waals surface area contributed by atoms with Crippen LogP contribution in [0.25, 0.3) is 0 Å². The number of hydrogen-bond acceptors (Lipinski definition) is 3. The Morgan fingerprint density at radius 3 is 2.37 bits per heavy atom. The van der Waals surface area contributed by atoms with E-state index in [0.29, 0.717) is 19.4 Å². The minimum absolute atomic E-state index is 0.222. The van der Waals surface area contributed by atoms with Crippen molar-refractivity contribution < 1.29 is 14.7 Å². The van der Waals surface area contributed by atoms with Gasteiger partial charge in [-0.3, -0.25) is 4.79 Å². The Bertz CT molecular complexity index is 302. The van der Waals surface area contributed by atoms with Crippen LogP contribution in [-0.2, 0) is 4.79 Å². The van der Waals surface area contributed by atoms with Gasteiger partial charge in [0.2, 0.25) is 0 Å². The van der Waals surface area contributed by atoms with Crippen LogP contribution in [0.15, 0.2) is 0 Å². The molecule has 1 fully saturated rings. The summed E-state index contributed by atoms with van der Waals surface area (Å²) >= 11 is 0. The van der Waals surface area contributed by atoms with Crippen LogP contribution in [-0.4, -0.2) is 43.8 Å². The quantitative estimate of drug-likeness (QED) is 0.518. The number of aliphatic carboxylic acids is 1. The van der Waals surface area contributed by atoms with Crippen molar-refractivity contribution in [3.8, 4) is 0 Å². The monoisotopic (exact) mass is 271 g/mol. The number of carboxylic acid groups (broad SMARTS) is 1. The van der Waals surface area contributed by atoms with E-state index in [0.717, 1.165) is 32.2 Å². The predicted octanol–water partition coefficient (Wildman–Crippen LogP) is 0.930. The molecule has 0 aromatic rings. The molecule has 0 radical (unpaired) electrons. The molecule has 0 unspecified atom stereocenters. The lowest BCUT2D eigenvalue weighted by molar-refractivity contribution is -0.150. The molecule has 1 aliphatic carbocycles. The highest BCUT2D eigenvalue weighted by Crippen LogP contribution is 2.35. The smallest absolute Gasteiger partial charge is 0.314 e.